The molecule has 1 heterocycles. The summed E-state index contributed by atoms with van der Waals surface area (Å²) in [5.41, 5.74) is 1.58. The zero-order chi connectivity index (χ0) is 17.1. The van der Waals surface area contributed by atoms with Gasteiger partial charge in [-0.3, -0.25) is 19.6 Å². The first-order chi connectivity index (χ1) is 11.5. The van der Waals surface area contributed by atoms with Gasteiger partial charge in [0.2, 0.25) is 5.91 Å². The van der Waals surface area contributed by atoms with Crippen LogP contribution in [0.5, 0.6) is 0 Å². The second-order valence-corrected chi connectivity index (χ2v) is 6.19. The number of carbonyl (C=O) groups is 1. The van der Waals surface area contributed by atoms with Crippen molar-refractivity contribution in [2.24, 2.45) is 0 Å². The summed E-state index contributed by atoms with van der Waals surface area (Å²) in [7, 11) is 0. The molecule has 7 heteroatoms. The molecule has 3 rings (SSSR count). The van der Waals surface area contributed by atoms with Crippen molar-refractivity contribution >= 4 is 17.3 Å². The van der Waals surface area contributed by atoms with E-state index in [1.54, 1.807) is 27.9 Å². The highest BCUT2D eigenvalue weighted by atomic mass is 16.6. The third-order valence-electron chi connectivity index (χ3n) is 4.34. The Bertz CT molecular complexity index is 750. The van der Waals surface area contributed by atoms with Crippen molar-refractivity contribution in [2.75, 3.05) is 4.90 Å². The number of carbonyl (C=O) groups excluding carboxylic acids is 1. The molecule has 1 saturated carbocycles. The molecule has 1 aromatic carbocycles. The molecule has 0 spiro atoms. The fourth-order valence-electron chi connectivity index (χ4n) is 3.25. The molecule has 0 radical (unpaired) electrons. The van der Waals surface area contributed by atoms with E-state index in [0.717, 1.165) is 31.2 Å². The standard InChI is InChI=1S/C17H20N4O3/c1-13-10-18-19(11-13)12-17(22)20(14-5-2-3-6-14)15-7-4-8-16(9-15)21(23)24/h4,7-11,14H,2-3,5-6,12H2,1H3. The number of nitro groups is 1. The zero-order valence-corrected chi connectivity index (χ0v) is 13.6. The molecule has 24 heavy (non-hydrogen) atoms. The van der Waals surface area contributed by atoms with Gasteiger partial charge < -0.3 is 4.90 Å². The van der Waals surface area contributed by atoms with E-state index in [1.807, 2.05) is 13.1 Å². The highest BCUT2D eigenvalue weighted by molar-refractivity contribution is 5.94. The van der Waals surface area contributed by atoms with Crippen LogP contribution in [0.15, 0.2) is 36.7 Å². The molecule has 1 aromatic heterocycles. The summed E-state index contributed by atoms with van der Waals surface area (Å²) in [4.78, 5) is 25.2. The Hall–Kier alpha value is -2.70. The molecular weight excluding hydrogens is 308 g/mol. The van der Waals surface area contributed by atoms with Crippen LogP contribution in [0, 0.1) is 17.0 Å². The third kappa shape index (κ3) is 3.45. The van der Waals surface area contributed by atoms with Crippen molar-refractivity contribution in [1.82, 2.24) is 9.78 Å². The quantitative estimate of drug-likeness (QED) is 0.624. The number of aromatic nitrogens is 2. The number of non-ortho nitro benzene ring substituents is 1. The van der Waals surface area contributed by atoms with Gasteiger partial charge in [-0.2, -0.15) is 5.10 Å². The monoisotopic (exact) mass is 328 g/mol. The van der Waals surface area contributed by atoms with Gasteiger partial charge in [-0.15, -0.1) is 0 Å². The van der Waals surface area contributed by atoms with E-state index in [4.69, 9.17) is 0 Å². The summed E-state index contributed by atoms with van der Waals surface area (Å²) in [6, 6.07) is 6.40. The maximum absolute atomic E-state index is 12.9. The Morgan fingerprint density at radius 1 is 1.42 bits per heavy atom. The van der Waals surface area contributed by atoms with Crippen LogP contribution in [0.1, 0.15) is 31.2 Å². The van der Waals surface area contributed by atoms with Gasteiger partial charge in [0.25, 0.3) is 5.69 Å². The molecule has 0 N–H and O–H groups in total. The van der Waals surface area contributed by atoms with Crippen molar-refractivity contribution < 1.29 is 9.72 Å². The summed E-state index contributed by atoms with van der Waals surface area (Å²) >= 11 is 0. The molecule has 126 valence electrons. The Labute approximate surface area is 140 Å². The van der Waals surface area contributed by atoms with Crippen LogP contribution in [-0.4, -0.2) is 26.7 Å². The number of aryl methyl sites for hydroxylation is 1. The van der Waals surface area contributed by atoms with Crippen LogP contribution in [0.4, 0.5) is 11.4 Å². The highest BCUT2D eigenvalue weighted by Crippen LogP contribution is 2.30. The molecule has 0 unspecified atom stereocenters. The van der Waals surface area contributed by atoms with Crippen molar-refractivity contribution in [3.8, 4) is 0 Å². The lowest BCUT2D eigenvalue weighted by molar-refractivity contribution is -0.384. The molecule has 0 saturated heterocycles. The van der Waals surface area contributed by atoms with Crippen LogP contribution in [0.3, 0.4) is 0 Å². The van der Waals surface area contributed by atoms with Crippen molar-refractivity contribution in [3.63, 3.8) is 0 Å². The normalized spacial score (nSPS) is 14.7. The first kappa shape index (κ1) is 16.2. The fraction of sp³-hybridized carbons (Fsp3) is 0.412. The molecule has 1 aliphatic rings. The van der Waals surface area contributed by atoms with E-state index < -0.39 is 4.92 Å². The molecule has 1 amide bonds. The van der Waals surface area contributed by atoms with Gasteiger partial charge in [-0.1, -0.05) is 18.9 Å². The lowest BCUT2D eigenvalue weighted by Crippen LogP contribution is -2.41. The Morgan fingerprint density at radius 3 is 2.79 bits per heavy atom. The number of hydrogen-bond acceptors (Lipinski definition) is 4. The van der Waals surface area contributed by atoms with Crippen molar-refractivity contribution in [1.29, 1.82) is 0 Å². The fourth-order valence-corrected chi connectivity index (χ4v) is 3.25. The molecule has 0 atom stereocenters. The molecular formula is C17H20N4O3. The first-order valence-electron chi connectivity index (χ1n) is 8.10. The Morgan fingerprint density at radius 2 is 2.17 bits per heavy atom. The van der Waals surface area contributed by atoms with Crippen LogP contribution in [0.2, 0.25) is 0 Å². The predicted octanol–water partition coefficient (Wildman–Crippen LogP) is 3.08. The molecule has 7 nitrogen and oxygen atoms in total. The Balaban J connectivity index is 1.89. The van der Waals surface area contributed by atoms with Gasteiger partial charge in [0.15, 0.2) is 0 Å². The number of benzene rings is 1. The maximum atomic E-state index is 12.9. The summed E-state index contributed by atoms with van der Waals surface area (Å²) in [5, 5.41) is 15.2. The van der Waals surface area contributed by atoms with Gasteiger partial charge in [0.05, 0.1) is 16.8 Å². The number of amides is 1. The third-order valence-corrected chi connectivity index (χ3v) is 4.34. The smallest absolute Gasteiger partial charge is 0.271 e. The van der Waals surface area contributed by atoms with E-state index in [1.165, 1.54) is 12.1 Å². The minimum Gasteiger partial charge on any atom is -0.308 e. The predicted molar refractivity (Wildman–Crippen MR) is 89.8 cm³/mol. The number of rotatable bonds is 5. The average molecular weight is 328 g/mol. The summed E-state index contributed by atoms with van der Waals surface area (Å²) in [5.74, 6) is -0.0921. The van der Waals surface area contributed by atoms with Crippen LogP contribution in [0.25, 0.3) is 0 Å². The number of nitrogens with zero attached hydrogens (tertiary/aromatic N) is 4. The number of nitro benzene ring substituents is 1. The van der Waals surface area contributed by atoms with Gasteiger partial charge >= 0.3 is 0 Å². The van der Waals surface area contributed by atoms with E-state index in [9.17, 15) is 14.9 Å². The topological polar surface area (TPSA) is 81.3 Å². The number of hydrogen-bond donors (Lipinski definition) is 0. The van der Waals surface area contributed by atoms with E-state index in [2.05, 4.69) is 5.10 Å². The number of anilines is 1. The van der Waals surface area contributed by atoms with E-state index >= 15 is 0 Å². The van der Waals surface area contributed by atoms with Crippen molar-refractivity contribution in [2.45, 2.75) is 45.2 Å². The molecule has 2 aromatic rings. The second kappa shape index (κ2) is 6.82. The van der Waals surface area contributed by atoms with Gasteiger partial charge in [0.1, 0.15) is 6.54 Å². The minimum absolute atomic E-state index is 0.00164. The lowest BCUT2D eigenvalue weighted by atomic mass is 10.1. The summed E-state index contributed by atoms with van der Waals surface area (Å²) in [6.45, 7) is 2.05. The second-order valence-electron chi connectivity index (χ2n) is 6.19. The summed E-state index contributed by atoms with van der Waals surface area (Å²) in [6.07, 6.45) is 7.52. The van der Waals surface area contributed by atoms with Crippen LogP contribution >= 0.6 is 0 Å². The minimum atomic E-state index is -0.433. The van der Waals surface area contributed by atoms with Gasteiger partial charge in [-0.25, -0.2) is 0 Å². The lowest BCUT2D eigenvalue weighted by Gasteiger charge is -2.29. The summed E-state index contributed by atoms with van der Waals surface area (Å²) < 4.78 is 1.61. The van der Waals surface area contributed by atoms with Gasteiger partial charge in [-0.05, 0) is 31.4 Å². The maximum Gasteiger partial charge on any atom is 0.271 e. The Kier molecular flexibility index (Phi) is 4.59. The molecule has 1 fully saturated rings. The molecule has 0 bridgehead atoms. The van der Waals surface area contributed by atoms with Crippen LogP contribution < -0.4 is 4.90 Å². The molecule has 0 aliphatic heterocycles. The zero-order valence-electron chi connectivity index (χ0n) is 13.6. The van der Waals surface area contributed by atoms with E-state index in [-0.39, 0.29) is 24.2 Å². The highest BCUT2D eigenvalue weighted by Gasteiger charge is 2.29. The first-order valence-corrected chi connectivity index (χ1v) is 8.10. The van der Waals surface area contributed by atoms with Crippen molar-refractivity contribution in [3.05, 3.63) is 52.3 Å². The van der Waals surface area contributed by atoms with Gasteiger partial charge in [0, 0.05) is 24.4 Å². The molecule has 1 aliphatic carbocycles. The largest absolute Gasteiger partial charge is 0.308 e. The average Bonchev–Trinajstić information content (AvgIpc) is 3.20. The SMILES string of the molecule is Cc1cnn(CC(=O)N(c2cccc([N+](=O)[O-])c2)C2CCCC2)c1. The van der Waals surface area contributed by atoms with Crippen LogP contribution in [-0.2, 0) is 11.3 Å². The van der Waals surface area contributed by atoms with E-state index in [0.29, 0.717) is 5.69 Å².